The first-order chi connectivity index (χ1) is 13.3. The second-order valence-electron chi connectivity index (χ2n) is 7.11. The molecule has 2 aromatic carbocycles. The molecule has 2 aliphatic heterocycles. The van der Waals surface area contributed by atoms with Gasteiger partial charge in [0.05, 0.1) is 20.8 Å². The summed E-state index contributed by atoms with van der Waals surface area (Å²) in [6.45, 7) is 1.88. The van der Waals surface area contributed by atoms with Crippen LogP contribution in [0.1, 0.15) is 29.3 Å². The Hall–Kier alpha value is -2.66. The van der Waals surface area contributed by atoms with E-state index in [-0.39, 0.29) is 5.91 Å². The number of amides is 1. The van der Waals surface area contributed by atoms with Gasteiger partial charge in [-0.1, -0.05) is 30.3 Å². The zero-order valence-electron chi connectivity index (χ0n) is 14.9. The standard InChI is InChI=1S/C22H20N2O2S/c25-22(17-12-15-6-1-3-9-19(15)26-14-17)24-11-5-7-16(13-24)21-23-18-8-2-4-10-20(18)27-21/h1-4,6,8-10,12,16H,5,7,11,13-14H2/t16-/m0/s1. The third-order valence-electron chi connectivity index (χ3n) is 5.27. The zero-order chi connectivity index (χ0) is 18.2. The van der Waals surface area contributed by atoms with Crippen molar-refractivity contribution in [1.82, 2.24) is 9.88 Å². The van der Waals surface area contributed by atoms with E-state index in [2.05, 4.69) is 12.1 Å². The Labute approximate surface area is 162 Å². The molecule has 3 aromatic rings. The van der Waals surface area contributed by atoms with Crippen molar-refractivity contribution in [3.63, 3.8) is 0 Å². The Kier molecular flexibility index (Phi) is 4.17. The van der Waals surface area contributed by atoms with Gasteiger partial charge in [-0.05, 0) is 37.1 Å². The molecule has 4 nitrogen and oxygen atoms in total. The van der Waals surface area contributed by atoms with E-state index in [0.29, 0.717) is 12.5 Å². The fourth-order valence-corrected chi connectivity index (χ4v) is 4.96. The first-order valence-corrected chi connectivity index (χ1v) is 10.2. The molecule has 0 radical (unpaired) electrons. The van der Waals surface area contributed by atoms with Gasteiger partial charge in [-0.3, -0.25) is 4.79 Å². The molecule has 5 heteroatoms. The van der Waals surface area contributed by atoms with Crippen molar-refractivity contribution >= 4 is 33.5 Å². The lowest BCUT2D eigenvalue weighted by molar-refractivity contribution is -0.128. The smallest absolute Gasteiger partial charge is 0.253 e. The van der Waals surface area contributed by atoms with Gasteiger partial charge in [0.25, 0.3) is 5.91 Å². The molecule has 2 aliphatic rings. The normalized spacial score (nSPS) is 19.3. The molecule has 0 saturated carbocycles. The summed E-state index contributed by atoms with van der Waals surface area (Å²) in [6, 6.07) is 16.1. The summed E-state index contributed by atoms with van der Waals surface area (Å²) in [5, 5.41) is 1.15. The van der Waals surface area contributed by atoms with Crippen LogP contribution in [0.15, 0.2) is 54.1 Å². The van der Waals surface area contributed by atoms with Gasteiger partial charge in [0.2, 0.25) is 0 Å². The van der Waals surface area contributed by atoms with Crippen LogP contribution in [0, 0.1) is 0 Å². The average molecular weight is 376 g/mol. The highest BCUT2D eigenvalue weighted by Gasteiger charge is 2.29. The number of fused-ring (bicyclic) bond motifs is 2. The molecule has 5 rings (SSSR count). The van der Waals surface area contributed by atoms with Crippen molar-refractivity contribution in [2.75, 3.05) is 19.7 Å². The van der Waals surface area contributed by atoms with E-state index in [1.54, 1.807) is 11.3 Å². The Morgan fingerprint density at radius 3 is 2.93 bits per heavy atom. The number of piperidine rings is 1. The maximum atomic E-state index is 13.1. The highest BCUT2D eigenvalue weighted by atomic mass is 32.1. The molecule has 1 aromatic heterocycles. The van der Waals surface area contributed by atoms with Gasteiger partial charge in [-0.25, -0.2) is 4.98 Å². The Balaban J connectivity index is 1.36. The number of carbonyl (C=O) groups is 1. The topological polar surface area (TPSA) is 42.4 Å². The van der Waals surface area contributed by atoms with E-state index in [9.17, 15) is 4.79 Å². The number of benzene rings is 2. The summed E-state index contributed by atoms with van der Waals surface area (Å²) in [5.41, 5.74) is 2.77. The largest absolute Gasteiger partial charge is 0.488 e. The van der Waals surface area contributed by atoms with Gasteiger partial charge in [0.15, 0.2) is 0 Å². The minimum atomic E-state index is 0.0929. The Morgan fingerprint density at radius 1 is 1.15 bits per heavy atom. The van der Waals surface area contributed by atoms with Gasteiger partial charge in [0, 0.05) is 24.6 Å². The number of nitrogens with zero attached hydrogens (tertiary/aromatic N) is 2. The van der Waals surface area contributed by atoms with Crippen molar-refractivity contribution < 1.29 is 9.53 Å². The predicted octanol–water partition coefficient (Wildman–Crippen LogP) is 4.48. The SMILES string of the molecule is O=C(C1=Cc2ccccc2OC1)N1CCC[C@H](c2nc3ccccc3s2)C1. The van der Waals surface area contributed by atoms with Gasteiger partial charge < -0.3 is 9.64 Å². The molecule has 27 heavy (non-hydrogen) atoms. The number of carbonyl (C=O) groups excluding carboxylic acids is 1. The third-order valence-corrected chi connectivity index (χ3v) is 6.47. The second kappa shape index (κ2) is 6.82. The van der Waals surface area contributed by atoms with Crippen LogP contribution in [0.3, 0.4) is 0 Å². The van der Waals surface area contributed by atoms with Gasteiger partial charge >= 0.3 is 0 Å². The van der Waals surface area contributed by atoms with Gasteiger partial charge in [-0.15, -0.1) is 11.3 Å². The summed E-state index contributed by atoms with van der Waals surface area (Å²) in [6.07, 6.45) is 4.07. The van der Waals surface area contributed by atoms with Crippen molar-refractivity contribution in [2.24, 2.45) is 0 Å². The summed E-state index contributed by atoms with van der Waals surface area (Å²) in [4.78, 5) is 19.9. The van der Waals surface area contributed by atoms with E-state index in [1.807, 2.05) is 47.4 Å². The van der Waals surface area contributed by atoms with E-state index < -0.39 is 0 Å². The molecule has 0 N–H and O–H groups in total. The van der Waals surface area contributed by atoms with Crippen LogP contribution in [0.2, 0.25) is 0 Å². The molecule has 1 amide bonds. The fourth-order valence-electron chi connectivity index (χ4n) is 3.87. The lowest BCUT2D eigenvalue weighted by Crippen LogP contribution is -2.41. The number of ether oxygens (including phenoxy) is 1. The maximum absolute atomic E-state index is 13.1. The summed E-state index contributed by atoms with van der Waals surface area (Å²) >= 11 is 1.76. The van der Waals surface area contributed by atoms with Crippen LogP contribution < -0.4 is 4.74 Å². The lowest BCUT2D eigenvalue weighted by Gasteiger charge is -2.33. The van der Waals surface area contributed by atoms with Crippen molar-refractivity contribution in [2.45, 2.75) is 18.8 Å². The second-order valence-corrected chi connectivity index (χ2v) is 8.17. The molecule has 0 bridgehead atoms. The minimum Gasteiger partial charge on any atom is -0.488 e. The molecule has 1 fully saturated rings. The van der Waals surface area contributed by atoms with E-state index in [4.69, 9.17) is 9.72 Å². The Bertz CT molecular complexity index is 1010. The average Bonchev–Trinajstić information content (AvgIpc) is 3.17. The lowest BCUT2D eigenvalue weighted by atomic mass is 9.97. The molecule has 3 heterocycles. The molecule has 1 atom stereocenters. The molecular weight excluding hydrogens is 356 g/mol. The maximum Gasteiger partial charge on any atom is 0.253 e. The number of likely N-dealkylation sites (tertiary alicyclic amines) is 1. The van der Waals surface area contributed by atoms with Crippen LogP contribution in [-0.4, -0.2) is 35.5 Å². The van der Waals surface area contributed by atoms with Crippen LogP contribution >= 0.6 is 11.3 Å². The Morgan fingerprint density at radius 2 is 2.00 bits per heavy atom. The first-order valence-electron chi connectivity index (χ1n) is 9.35. The highest BCUT2D eigenvalue weighted by molar-refractivity contribution is 7.18. The number of rotatable bonds is 2. The number of aromatic nitrogens is 1. The van der Waals surface area contributed by atoms with E-state index in [0.717, 1.165) is 53.3 Å². The highest BCUT2D eigenvalue weighted by Crippen LogP contribution is 2.34. The summed E-state index contributed by atoms with van der Waals surface area (Å²) < 4.78 is 6.99. The number of para-hydroxylation sites is 2. The molecule has 136 valence electrons. The van der Waals surface area contributed by atoms with Crippen LogP contribution in [0.25, 0.3) is 16.3 Å². The number of hydrogen-bond donors (Lipinski definition) is 0. The monoisotopic (exact) mass is 376 g/mol. The molecule has 1 saturated heterocycles. The van der Waals surface area contributed by atoms with Crippen molar-refractivity contribution in [3.8, 4) is 5.75 Å². The number of hydrogen-bond acceptors (Lipinski definition) is 4. The fraction of sp³-hybridized carbons (Fsp3) is 0.273. The zero-order valence-corrected chi connectivity index (χ0v) is 15.7. The van der Waals surface area contributed by atoms with E-state index >= 15 is 0 Å². The van der Waals surface area contributed by atoms with Crippen LogP contribution in [0.5, 0.6) is 5.75 Å². The third kappa shape index (κ3) is 3.12. The van der Waals surface area contributed by atoms with Crippen LogP contribution in [-0.2, 0) is 4.79 Å². The molecule has 0 unspecified atom stereocenters. The van der Waals surface area contributed by atoms with Gasteiger partial charge in [0.1, 0.15) is 12.4 Å². The molecule has 0 aliphatic carbocycles. The van der Waals surface area contributed by atoms with Crippen LogP contribution in [0.4, 0.5) is 0 Å². The van der Waals surface area contributed by atoms with Crippen molar-refractivity contribution in [3.05, 3.63) is 64.7 Å². The first kappa shape index (κ1) is 16.5. The number of thiazole rings is 1. The molecule has 0 spiro atoms. The van der Waals surface area contributed by atoms with Crippen molar-refractivity contribution in [1.29, 1.82) is 0 Å². The molecular formula is C22H20N2O2S. The van der Waals surface area contributed by atoms with Gasteiger partial charge in [-0.2, -0.15) is 0 Å². The predicted molar refractivity (Wildman–Crippen MR) is 108 cm³/mol. The minimum absolute atomic E-state index is 0.0929. The summed E-state index contributed by atoms with van der Waals surface area (Å²) in [5.74, 6) is 1.26. The summed E-state index contributed by atoms with van der Waals surface area (Å²) in [7, 11) is 0. The van der Waals surface area contributed by atoms with E-state index in [1.165, 1.54) is 4.70 Å². The quantitative estimate of drug-likeness (QED) is 0.662.